The Kier molecular flexibility index (Phi) is 6.23. The highest BCUT2D eigenvalue weighted by Crippen LogP contribution is 2.50. The SMILES string of the molecule is COc1cccc(C(=O)NC[C@@H]2C3C[C@@H]3CN2C(=O)c2nc(C)sc2-c2cccc(C)c2)c1OC. The number of hydrogen-bond acceptors (Lipinski definition) is 6. The van der Waals surface area contributed by atoms with Crippen LogP contribution < -0.4 is 14.8 Å². The molecule has 1 aromatic heterocycles. The molecule has 2 fully saturated rings. The monoisotopic (exact) mass is 491 g/mol. The van der Waals surface area contributed by atoms with Crippen molar-refractivity contribution in [3.8, 4) is 21.9 Å². The second-order valence-corrected chi connectivity index (χ2v) is 10.4. The van der Waals surface area contributed by atoms with Crippen molar-refractivity contribution in [2.75, 3.05) is 27.3 Å². The molecule has 1 unspecified atom stereocenters. The zero-order valence-corrected chi connectivity index (χ0v) is 21.1. The molecule has 7 nitrogen and oxygen atoms in total. The van der Waals surface area contributed by atoms with Crippen molar-refractivity contribution in [2.45, 2.75) is 26.3 Å². The van der Waals surface area contributed by atoms with Crippen molar-refractivity contribution in [3.63, 3.8) is 0 Å². The molecule has 1 aliphatic heterocycles. The number of piperidine rings is 1. The quantitative estimate of drug-likeness (QED) is 0.532. The topological polar surface area (TPSA) is 80.8 Å². The van der Waals surface area contributed by atoms with Gasteiger partial charge >= 0.3 is 0 Å². The molecule has 0 radical (unpaired) electrons. The lowest BCUT2D eigenvalue weighted by Crippen LogP contribution is -2.45. The molecule has 1 saturated carbocycles. The predicted octanol–water partition coefficient (Wildman–Crippen LogP) is 4.33. The van der Waals surface area contributed by atoms with Gasteiger partial charge < -0.3 is 19.7 Å². The van der Waals surface area contributed by atoms with Crippen molar-refractivity contribution < 1.29 is 19.1 Å². The predicted molar refractivity (Wildman–Crippen MR) is 135 cm³/mol. The first-order chi connectivity index (χ1) is 16.9. The summed E-state index contributed by atoms with van der Waals surface area (Å²) < 4.78 is 10.7. The lowest BCUT2D eigenvalue weighted by molar-refractivity contribution is 0.0690. The number of carbonyl (C=O) groups is 2. The molecular weight excluding hydrogens is 462 g/mol. The van der Waals surface area contributed by atoms with Gasteiger partial charge in [-0.25, -0.2) is 4.98 Å². The van der Waals surface area contributed by atoms with E-state index in [1.165, 1.54) is 7.11 Å². The van der Waals surface area contributed by atoms with Gasteiger partial charge in [-0.3, -0.25) is 9.59 Å². The van der Waals surface area contributed by atoms with Gasteiger partial charge in [0.05, 0.1) is 35.7 Å². The number of nitrogens with one attached hydrogen (secondary N) is 1. The number of benzene rings is 2. The van der Waals surface area contributed by atoms with Crippen molar-refractivity contribution in [3.05, 3.63) is 64.3 Å². The maximum Gasteiger partial charge on any atom is 0.274 e. The number of thiazole rings is 1. The van der Waals surface area contributed by atoms with Crippen molar-refractivity contribution in [1.29, 1.82) is 0 Å². The van der Waals surface area contributed by atoms with E-state index in [9.17, 15) is 9.59 Å². The first-order valence-corrected chi connectivity index (χ1v) is 12.6. The van der Waals surface area contributed by atoms with E-state index < -0.39 is 0 Å². The van der Waals surface area contributed by atoms with Gasteiger partial charge in [-0.2, -0.15) is 0 Å². The lowest BCUT2D eigenvalue weighted by atomic mass is 10.1. The van der Waals surface area contributed by atoms with Crippen LogP contribution in [0.15, 0.2) is 42.5 Å². The zero-order valence-electron chi connectivity index (χ0n) is 20.3. The molecule has 3 aromatic rings. The first-order valence-electron chi connectivity index (χ1n) is 11.8. The van der Waals surface area contributed by atoms with Gasteiger partial charge in [0.1, 0.15) is 5.69 Å². The number of methoxy groups -OCH3 is 2. The van der Waals surface area contributed by atoms with Gasteiger partial charge in [-0.1, -0.05) is 35.9 Å². The Labute approximate surface area is 209 Å². The standard InChI is InChI=1S/C27H29N3O4S/c1-15-7-5-8-17(11-15)25-23(29-16(2)35-25)27(32)30-14-18-12-20(18)21(30)13-28-26(31)19-9-6-10-22(33-3)24(19)34-4/h5-11,18,20-21H,12-14H2,1-4H3,(H,28,31)/t18-,20?,21-/m1/s1. The molecule has 2 amide bonds. The molecule has 8 heteroatoms. The number of amides is 2. The van der Waals surface area contributed by atoms with Gasteiger partial charge in [0.2, 0.25) is 0 Å². The molecular formula is C27H29N3O4S. The van der Waals surface area contributed by atoms with Crippen LogP contribution in [0.1, 0.15) is 37.8 Å². The fourth-order valence-electron chi connectivity index (χ4n) is 5.11. The van der Waals surface area contributed by atoms with E-state index in [1.54, 1.807) is 36.6 Å². The van der Waals surface area contributed by atoms with E-state index in [4.69, 9.17) is 9.47 Å². The van der Waals surface area contributed by atoms with Gasteiger partial charge in [0.25, 0.3) is 11.8 Å². The van der Waals surface area contributed by atoms with Crippen LogP contribution in [0.3, 0.4) is 0 Å². The number of fused-ring (bicyclic) bond motifs is 1. The average Bonchev–Trinajstić information content (AvgIpc) is 3.37. The van der Waals surface area contributed by atoms with Gasteiger partial charge in [-0.15, -0.1) is 11.3 Å². The second-order valence-electron chi connectivity index (χ2n) is 9.22. The van der Waals surface area contributed by atoms with E-state index in [0.29, 0.717) is 47.7 Å². The zero-order chi connectivity index (χ0) is 24.7. The molecule has 182 valence electrons. The Hall–Kier alpha value is -3.39. The average molecular weight is 492 g/mol. The summed E-state index contributed by atoms with van der Waals surface area (Å²) in [6, 6.07) is 13.3. The Morgan fingerprint density at radius 1 is 1.14 bits per heavy atom. The van der Waals surface area contributed by atoms with Crippen LogP contribution in [-0.2, 0) is 0 Å². The minimum Gasteiger partial charge on any atom is -0.493 e. The molecule has 35 heavy (non-hydrogen) atoms. The minimum absolute atomic E-state index is 0.0552. The van der Waals surface area contributed by atoms with E-state index in [1.807, 2.05) is 36.9 Å². The van der Waals surface area contributed by atoms with Crippen molar-refractivity contribution in [2.24, 2.45) is 11.8 Å². The minimum atomic E-state index is -0.248. The van der Waals surface area contributed by atoms with E-state index >= 15 is 0 Å². The van der Waals surface area contributed by atoms with E-state index in [2.05, 4.69) is 16.4 Å². The van der Waals surface area contributed by atoms with Gasteiger partial charge in [0.15, 0.2) is 11.5 Å². The van der Waals surface area contributed by atoms with Crippen LogP contribution in [0.25, 0.3) is 10.4 Å². The molecule has 0 bridgehead atoms. The summed E-state index contributed by atoms with van der Waals surface area (Å²) >= 11 is 1.55. The highest BCUT2D eigenvalue weighted by molar-refractivity contribution is 7.15. The second kappa shape index (κ2) is 9.34. The Morgan fingerprint density at radius 2 is 1.94 bits per heavy atom. The van der Waals surface area contributed by atoms with Crippen LogP contribution in [0, 0.1) is 25.7 Å². The van der Waals surface area contributed by atoms with E-state index in [-0.39, 0.29) is 17.9 Å². The number of aromatic nitrogens is 1. The number of hydrogen-bond donors (Lipinski definition) is 1. The third-order valence-corrected chi connectivity index (χ3v) is 7.92. The van der Waals surface area contributed by atoms with Crippen LogP contribution in [0.4, 0.5) is 0 Å². The normalized spacial score (nSPS) is 20.3. The molecule has 3 atom stereocenters. The van der Waals surface area contributed by atoms with Crippen LogP contribution in [0.2, 0.25) is 0 Å². The third kappa shape index (κ3) is 4.38. The summed E-state index contributed by atoms with van der Waals surface area (Å²) in [4.78, 5) is 34.2. The van der Waals surface area contributed by atoms with Crippen LogP contribution >= 0.6 is 11.3 Å². The largest absolute Gasteiger partial charge is 0.493 e. The number of para-hydroxylation sites is 1. The fraction of sp³-hybridized carbons (Fsp3) is 0.370. The van der Waals surface area contributed by atoms with Crippen molar-refractivity contribution >= 4 is 23.2 Å². The van der Waals surface area contributed by atoms with Gasteiger partial charge in [0, 0.05) is 13.1 Å². The molecule has 2 heterocycles. The number of likely N-dealkylation sites (tertiary alicyclic amines) is 1. The smallest absolute Gasteiger partial charge is 0.274 e. The highest BCUT2D eigenvalue weighted by Gasteiger charge is 2.54. The maximum absolute atomic E-state index is 13.7. The van der Waals surface area contributed by atoms with Crippen LogP contribution in [0.5, 0.6) is 11.5 Å². The lowest BCUT2D eigenvalue weighted by Gasteiger charge is -2.27. The van der Waals surface area contributed by atoms with Crippen molar-refractivity contribution in [1.82, 2.24) is 15.2 Å². The summed E-state index contributed by atoms with van der Waals surface area (Å²) in [6.07, 6.45) is 1.09. The molecule has 2 aliphatic rings. The summed E-state index contributed by atoms with van der Waals surface area (Å²) in [5.41, 5.74) is 3.07. The molecule has 0 spiro atoms. The summed E-state index contributed by atoms with van der Waals surface area (Å²) in [7, 11) is 3.06. The molecule has 1 N–H and O–H groups in total. The maximum atomic E-state index is 13.7. The molecule has 2 aromatic carbocycles. The number of nitrogens with zero attached hydrogens (tertiary/aromatic N) is 2. The summed E-state index contributed by atoms with van der Waals surface area (Å²) in [5, 5.41) is 3.90. The van der Waals surface area contributed by atoms with Gasteiger partial charge in [-0.05, 0) is 49.8 Å². The number of aryl methyl sites for hydroxylation is 2. The van der Waals surface area contributed by atoms with E-state index in [0.717, 1.165) is 27.4 Å². The number of rotatable bonds is 7. The Morgan fingerprint density at radius 3 is 2.69 bits per heavy atom. The molecule has 5 rings (SSSR count). The number of ether oxygens (including phenoxy) is 2. The summed E-state index contributed by atoms with van der Waals surface area (Å²) in [6.45, 7) is 5.07. The van der Waals surface area contributed by atoms with Crippen LogP contribution in [-0.4, -0.2) is 55.0 Å². The Bertz CT molecular complexity index is 1290. The molecule has 1 saturated heterocycles. The number of carbonyl (C=O) groups excluding carboxylic acids is 2. The first kappa shape index (κ1) is 23.4. The summed E-state index contributed by atoms with van der Waals surface area (Å²) in [5.74, 6) is 1.50. The highest BCUT2D eigenvalue weighted by atomic mass is 32.1. The fourth-order valence-corrected chi connectivity index (χ4v) is 6.02. The Balaban J connectivity index is 1.36. The third-order valence-electron chi connectivity index (χ3n) is 6.90. The molecule has 1 aliphatic carbocycles.